The number of amides is 1. The van der Waals surface area contributed by atoms with Crippen molar-refractivity contribution in [2.75, 3.05) is 33.9 Å². The number of ether oxygens (including phenoxy) is 2. The zero-order valence-corrected chi connectivity index (χ0v) is 14.4. The van der Waals surface area contributed by atoms with Crippen LogP contribution >= 0.6 is 0 Å². The SMILES string of the molecule is COCC1(C(=O)O)CCCN(C(=O)C(C)c2ccc(OC)cc2)C1. The van der Waals surface area contributed by atoms with Gasteiger partial charge >= 0.3 is 5.97 Å². The highest BCUT2D eigenvalue weighted by Gasteiger charge is 2.44. The van der Waals surface area contributed by atoms with Crippen molar-refractivity contribution in [3.63, 3.8) is 0 Å². The number of benzene rings is 1. The number of hydrogen-bond donors (Lipinski definition) is 1. The van der Waals surface area contributed by atoms with Gasteiger partial charge in [0.25, 0.3) is 0 Å². The van der Waals surface area contributed by atoms with Crippen molar-refractivity contribution in [1.29, 1.82) is 0 Å². The zero-order chi connectivity index (χ0) is 17.7. The lowest BCUT2D eigenvalue weighted by molar-refractivity contribution is -0.159. The van der Waals surface area contributed by atoms with Crippen molar-refractivity contribution in [1.82, 2.24) is 4.90 Å². The summed E-state index contributed by atoms with van der Waals surface area (Å²) in [5.41, 5.74) is -0.124. The summed E-state index contributed by atoms with van der Waals surface area (Å²) in [5, 5.41) is 9.60. The first-order valence-electron chi connectivity index (χ1n) is 8.08. The number of carboxylic acids is 1. The van der Waals surface area contributed by atoms with Crippen LogP contribution in [-0.4, -0.2) is 55.8 Å². The Bertz CT molecular complexity index is 582. The van der Waals surface area contributed by atoms with E-state index in [1.165, 1.54) is 7.11 Å². The molecule has 1 saturated heterocycles. The van der Waals surface area contributed by atoms with Crippen molar-refractivity contribution in [3.05, 3.63) is 29.8 Å². The van der Waals surface area contributed by atoms with Crippen LogP contribution in [0.1, 0.15) is 31.2 Å². The van der Waals surface area contributed by atoms with Crippen LogP contribution in [0.2, 0.25) is 0 Å². The van der Waals surface area contributed by atoms with Crippen LogP contribution in [0.4, 0.5) is 0 Å². The van der Waals surface area contributed by atoms with Gasteiger partial charge < -0.3 is 19.5 Å². The van der Waals surface area contributed by atoms with Crippen LogP contribution in [0, 0.1) is 5.41 Å². The summed E-state index contributed by atoms with van der Waals surface area (Å²) < 4.78 is 10.2. The van der Waals surface area contributed by atoms with E-state index in [4.69, 9.17) is 9.47 Å². The Labute approximate surface area is 142 Å². The molecule has 0 aliphatic carbocycles. The molecular weight excluding hydrogens is 310 g/mol. The molecule has 0 aromatic heterocycles. The lowest BCUT2D eigenvalue weighted by Gasteiger charge is -2.40. The molecule has 24 heavy (non-hydrogen) atoms. The van der Waals surface area contributed by atoms with Crippen molar-refractivity contribution < 1.29 is 24.2 Å². The fourth-order valence-electron chi connectivity index (χ4n) is 3.26. The van der Waals surface area contributed by atoms with E-state index in [9.17, 15) is 14.7 Å². The van der Waals surface area contributed by atoms with Crippen molar-refractivity contribution in [3.8, 4) is 5.75 Å². The van der Waals surface area contributed by atoms with Crippen LogP contribution in [-0.2, 0) is 14.3 Å². The third-order valence-electron chi connectivity index (χ3n) is 4.75. The number of nitrogens with zero attached hydrogens (tertiary/aromatic N) is 1. The molecule has 1 aliphatic rings. The van der Waals surface area contributed by atoms with Crippen LogP contribution in [0.5, 0.6) is 5.75 Å². The lowest BCUT2D eigenvalue weighted by Crippen LogP contribution is -2.52. The minimum atomic E-state index is -1.01. The average Bonchev–Trinajstić information content (AvgIpc) is 2.61. The van der Waals surface area contributed by atoms with Crippen molar-refractivity contribution in [2.24, 2.45) is 5.41 Å². The molecule has 0 saturated carbocycles. The molecule has 0 bridgehead atoms. The minimum Gasteiger partial charge on any atom is -0.497 e. The number of aliphatic carboxylic acids is 1. The maximum absolute atomic E-state index is 12.8. The summed E-state index contributed by atoms with van der Waals surface area (Å²) >= 11 is 0. The molecular formula is C18H25NO5. The summed E-state index contributed by atoms with van der Waals surface area (Å²) in [6.45, 7) is 2.73. The fraction of sp³-hybridized carbons (Fsp3) is 0.556. The number of carbonyl (C=O) groups excluding carboxylic acids is 1. The Morgan fingerprint density at radius 2 is 1.96 bits per heavy atom. The van der Waals surface area contributed by atoms with Crippen LogP contribution in [0.15, 0.2) is 24.3 Å². The Balaban J connectivity index is 2.13. The number of piperidine rings is 1. The molecule has 1 heterocycles. The molecule has 6 heteroatoms. The van der Waals surface area contributed by atoms with Crippen LogP contribution in [0.3, 0.4) is 0 Å². The van der Waals surface area contributed by atoms with E-state index in [0.29, 0.717) is 19.4 Å². The number of carboxylic acid groups (broad SMARTS) is 1. The van der Waals surface area contributed by atoms with E-state index in [1.807, 2.05) is 31.2 Å². The molecule has 0 radical (unpaired) electrons. The molecule has 1 aliphatic heterocycles. The molecule has 2 rings (SSSR count). The highest BCUT2D eigenvalue weighted by atomic mass is 16.5. The van der Waals surface area contributed by atoms with E-state index in [1.54, 1.807) is 12.0 Å². The van der Waals surface area contributed by atoms with E-state index in [-0.39, 0.29) is 25.0 Å². The summed E-state index contributed by atoms with van der Waals surface area (Å²) in [5.74, 6) is -0.551. The second kappa shape index (κ2) is 7.66. The molecule has 1 amide bonds. The Kier molecular flexibility index (Phi) is 5.83. The summed E-state index contributed by atoms with van der Waals surface area (Å²) in [4.78, 5) is 26.2. The predicted molar refractivity (Wildman–Crippen MR) is 89.2 cm³/mol. The molecule has 1 N–H and O–H groups in total. The van der Waals surface area contributed by atoms with E-state index in [2.05, 4.69) is 0 Å². The molecule has 2 unspecified atom stereocenters. The van der Waals surface area contributed by atoms with Gasteiger partial charge in [0.1, 0.15) is 11.2 Å². The average molecular weight is 335 g/mol. The highest BCUT2D eigenvalue weighted by molar-refractivity contribution is 5.85. The third-order valence-corrected chi connectivity index (χ3v) is 4.75. The van der Waals surface area contributed by atoms with Crippen molar-refractivity contribution in [2.45, 2.75) is 25.7 Å². The third kappa shape index (κ3) is 3.70. The first-order valence-corrected chi connectivity index (χ1v) is 8.08. The molecule has 1 fully saturated rings. The number of carbonyl (C=O) groups is 2. The Hall–Kier alpha value is -2.08. The lowest BCUT2D eigenvalue weighted by atomic mass is 9.80. The van der Waals surface area contributed by atoms with E-state index >= 15 is 0 Å². The molecule has 0 spiro atoms. The summed E-state index contributed by atoms with van der Waals surface area (Å²) in [7, 11) is 3.09. The predicted octanol–water partition coefficient (Wildman–Crippen LogP) is 2.14. The van der Waals surface area contributed by atoms with E-state index in [0.717, 1.165) is 11.3 Å². The van der Waals surface area contributed by atoms with Crippen LogP contribution < -0.4 is 4.74 Å². The van der Waals surface area contributed by atoms with Gasteiger partial charge in [-0.05, 0) is 37.5 Å². The molecule has 6 nitrogen and oxygen atoms in total. The first kappa shape index (κ1) is 18.3. The van der Waals surface area contributed by atoms with Gasteiger partial charge in [-0.15, -0.1) is 0 Å². The topological polar surface area (TPSA) is 76.1 Å². The number of hydrogen-bond acceptors (Lipinski definition) is 4. The minimum absolute atomic E-state index is 0.0541. The smallest absolute Gasteiger partial charge is 0.313 e. The maximum atomic E-state index is 12.8. The second-order valence-corrected chi connectivity index (χ2v) is 6.38. The molecule has 1 aromatic rings. The molecule has 2 atom stereocenters. The van der Waals surface area contributed by atoms with Gasteiger partial charge in [-0.25, -0.2) is 0 Å². The van der Waals surface area contributed by atoms with E-state index < -0.39 is 11.4 Å². The number of likely N-dealkylation sites (tertiary alicyclic amines) is 1. The Morgan fingerprint density at radius 1 is 1.29 bits per heavy atom. The van der Waals surface area contributed by atoms with Crippen molar-refractivity contribution >= 4 is 11.9 Å². The van der Waals surface area contributed by atoms with Gasteiger partial charge in [-0.1, -0.05) is 12.1 Å². The van der Waals surface area contributed by atoms with Crippen LogP contribution in [0.25, 0.3) is 0 Å². The quantitative estimate of drug-likeness (QED) is 0.862. The first-order chi connectivity index (χ1) is 11.4. The highest BCUT2D eigenvalue weighted by Crippen LogP contribution is 2.32. The zero-order valence-electron chi connectivity index (χ0n) is 14.4. The fourth-order valence-corrected chi connectivity index (χ4v) is 3.26. The van der Waals surface area contributed by atoms with Gasteiger partial charge in [0.15, 0.2) is 0 Å². The number of rotatable bonds is 6. The number of methoxy groups -OCH3 is 2. The molecule has 132 valence electrons. The summed E-state index contributed by atoms with van der Waals surface area (Å²) in [6, 6.07) is 7.37. The van der Waals surface area contributed by atoms with Gasteiger partial charge in [0.05, 0.1) is 19.6 Å². The van der Waals surface area contributed by atoms with Gasteiger partial charge in [0, 0.05) is 20.2 Å². The van der Waals surface area contributed by atoms with Gasteiger partial charge in [-0.2, -0.15) is 0 Å². The largest absolute Gasteiger partial charge is 0.497 e. The monoisotopic (exact) mass is 335 g/mol. The normalized spacial score (nSPS) is 22.0. The standard InChI is InChI=1S/C18H25NO5/c1-13(14-5-7-15(24-3)8-6-14)16(20)19-10-4-9-18(11-19,12-23-2)17(21)22/h5-8,13H,4,9-12H2,1-3H3,(H,21,22). The Morgan fingerprint density at radius 3 is 2.50 bits per heavy atom. The van der Waals surface area contributed by atoms with Gasteiger partial charge in [-0.3, -0.25) is 9.59 Å². The maximum Gasteiger partial charge on any atom is 0.313 e. The molecule has 1 aromatic carbocycles. The van der Waals surface area contributed by atoms with Gasteiger partial charge in [0.2, 0.25) is 5.91 Å². The second-order valence-electron chi connectivity index (χ2n) is 6.38. The summed E-state index contributed by atoms with van der Waals surface area (Å²) in [6.07, 6.45) is 1.19.